The molecule has 1 aromatic carbocycles. The van der Waals surface area contributed by atoms with E-state index < -0.39 is 0 Å². The first kappa shape index (κ1) is 19.9. The number of amides is 1. The molecule has 7 nitrogen and oxygen atoms in total. The molecule has 0 unspecified atom stereocenters. The third-order valence-electron chi connectivity index (χ3n) is 4.09. The van der Waals surface area contributed by atoms with E-state index in [9.17, 15) is 9.90 Å². The van der Waals surface area contributed by atoms with Crippen molar-refractivity contribution in [3.8, 4) is 5.75 Å². The number of carbonyl (C=O) groups excluding carboxylic acids is 1. The number of nitrogens with zero attached hydrogens (tertiary/aromatic N) is 4. The molecule has 0 bridgehead atoms. The summed E-state index contributed by atoms with van der Waals surface area (Å²) in [6.45, 7) is 0.222. The lowest BCUT2D eigenvalue weighted by molar-refractivity contribution is -0.122. The molecule has 0 saturated carbocycles. The van der Waals surface area contributed by atoms with Crippen LogP contribution >= 0.6 is 23.4 Å². The lowest BCUT2D eigenvalue weighted by Gasteiger charge is -2.12. The van der Waals surface area contributed by atoms with E-state index >= 15 is 0 Å². The highest BCUT2D eigenvalue weighted by Gasteiger charge is 2.34. The van der Waals surface area contributed by atoms with Gasteiger partial charge in [-0.1, -0.05) is 17.7 Å². The number of aromatic nitrogens is 1. The van der Waals surface area contributed by atoms with Gasteiger partial charge in [0.2, 0.25) is 0 Å². The van der Waals surface area contributed by atoms with Gasteiger partial charge in [0.05, 0.1) is 23.9 Å². The van der Waals surface area contributed by atoms with Crippen LogP contribution in [-0.4, -0.2) is 32.3 Å². The Labute approximate surface area is 181 Å². The summed E-state index contributed by atoms with van der Waals surface area (Å²) in [5.74, 6) is 0.443. The minimum Gasteiger partial charge on any atom is -0.507 e. The quantitative estimate of drug-likeness (QED) is 0.358. The van der Waals surface area contributed by atoms with E-state index in [2.05, 4.69) is 15.2 Å². The van der Waals surface area contributed by atoms with E-state index in [1.54, 1.807) is 55.1 Å². The third-order valence-corrected chi connectivity index (χ3v) is 5.33. The van der Waals surface area contributed by atoms with Crippen molar-refractivity contribution in [2.24, 2.45) is 10.2 Å². The topological polar surface area (TPSA) is 91.3 Å². The molecule has 1 fully saturated rings. The minimum atomic E-state index is -0.209. The maximum atomic E-state index is 13.0. The van der Waals surface area contributed by atoms with E-state index in [1.807, 2.05) is 6.07 Å². The first-order chi connectivity index (χ1) is 14.6. The summed E-state index contributed by atoms with van der Waals surface area (Å²) in [5, 5.41) is 19.0. The van der Waals surface area contributed by atoms with Gasteiger partial charge >= 0.3 is 0 Å². The molecule has 2 aromatic heterocycles. The molecule has 0 radical (unpaired) electrons. The van der Waals surface area contributed by atoms with Crippen molar-refractivity contribution in [1.29, 1.82) is 0 Å². The Morgan fingerprint density at radius 1 is 1.27 bits per heavy atom. The normalized spacial score (nSPS) is 17.0. The second-order valence-electron chi connectivity index (χ2n) is 6.20. The third kappa shape index (κ3) is 4.61. The number of furan rings is 1. The van der Waals surface area contributed by atoms with Gasteiger partial charge in [-0.2, -0.15) is 5.10 Å². The Hall–Kier alpha value is -3.36. The molecule has 1 amide bonds. The number of hydrogen-bond donors (Lipinski definition) is 1. The van der Waals surface area contributed by atoms with Crippen LogP contribution in [0.15, 0.2) is 80.6 Å². The predicted octanol–water partition coefficient (Wildman–Crippen LogP) is 4.54. The van der Waals surface area contributed by atoms with Gasteiger partial charge in [-0.25, -0.2) is 0 Å². The van der Waals surface area contributed by atoms with Gasteiger partial charge in [-0.05, 0) is 59.8 Å². The van der Waals surface area contributed by atoms with Crippen LogP contribution in [0.25, 0.3) is 6.08 Å². The summed E-state index contributed by atoms with van der Waals surface area (Å²) < 4.78 is 5.37. The number of phenols is 1. The number of halogens is 1. The molecule has 4 rings (SSSR count). The fourth-order valence-electron chi connectivity index (χ4n) is 2.66. The molecule has 3 aromatic rings. The number of amidine groups is 1. The molecule has 0 aliphatic carbocycles. The molecule has 1 aliphatic heterocycles. The summed E-state index contributed by atoms with van der Waals surface area (Å²) >= 11 is 7.15. The maximum absolute atomic E-state index is 13.0. The molecule has 1 saturated heterocycles. The lowest BCUT2D eigenvalue weighted by Crippen LogP contribution is -2.28. The zero-order chi connectivity index (χ0) is 20.9. The highest BCUT2D eigenvalue weighted by atomic mass is 35.5. The highest BCUT2D eigenvalue weighted by Crippen LogP contribution is 2.33. The van der Waals surface area contributed by atoms with Crippen LogP contribution in [0.1, 0.15) is 16.9 Å². The molecule has 150 valence electrons. The predicted molar refractivity (Wildman–Crippen MR) is 117 cm³/mol. The first-order valence-electron chi connectivity index (χ1n) is 8.83. The number of pyridine rings is 1. The molecular formula is C21H15ClN4O3S. The van der Waals surface area contributed by atoms with E-state index in [0.717, 1.165) is 5.56 Å². The van der Waals surface area contributed by atoms with Gasteiger partial charge in [0.25, 0.3) is 5.91 Å². The average molecular weight is 439 g/mol. The van der Waals surface area contributed by atoms with E-state index in [1.165, 1.54) is 28.9 Å². The summed E-state index contributed by atoms with van der Waals surface area (Å²) in [6, 6.07) is 11.8. The summed E-state index contributed by atoms with van der Waals surface area (Å²) in [4.78, 5) is 19.0. The van der Waals surface area contributed by atoms with Gasteiger partial charge < -0.3 is 9.52 Å². The van der Waals surface area contributed by atoms with Crippen molar-refractivity contribution in [2.45, 2.75) is 6.54 Å². The average Bonchev–Trinajstić information content (AvgIpc) is 3.36. The van der Waals surface area contributed by atoms with Crippen LogP contribution in [-0.2, 0) is 11.3 Å². The largest absolute Gasteiger partial charge is 0.507 e. The van der Waals surface area contributed by atoms with E-state index in [-0.39, 0.29) is 18.2 Å². The molecule has 1 aliphatic rings. The molecule has 0 spiro atoms. The summed E-state index contributed by atoms with van der Waals surface area (Å²) in [7, 11) is 0. The summed E-state index contributed by atoms with van der Waals surface area (Å²) in [6.07, 6.45) is 8.03. The van der Waals surface area contributed by atoms with Crippen molar-refractivity contribution in [2.75, 3.05) is 0 Å². The van der Waals surface area contributed by atoms with E-state index in [4.69, 9.17) is 16.0 Å². The Bertz CT molecular complexity index is 1140. The SMILES string of the molecule is O=C1/C(=C/c2cccnc2)S/C(=N\N=C\c2cc(Cl)ccc2O)N1Cc1ccco1. The van der Waals surface area contributed by atoms with Crippen molar-refractivity contribution in [1.82, 2.24) is 9.88 Å². The Balaban J connectivity index is 1.63. The fraction of sp³-hybridized carbons (Fsp3) is 0.0476. The van der Waals surface area contributed by atoms with Crippen LogP contribution in [0.4, 0.5) is 0 Å². The minimum absolute atomic E-state index is 0.0307. The van der Waals surface area contributed by atoms with Crippen LogP contribution < -0.4 is 0 Å². The Morgan fingerprint density at radius 2 is 2.17 bits per heavy atom. The molecule has 9 heteroatoms. The smallest absolute Gasteiger partial charge is 0.267 e. The van der Waals surface area contributed by atoms with Gasteiger partial charge in [-0.15, -0.1) is 5.10 Å². The second kappa shape index (κ2) is 8.98. The van der Waals surface area contributed by atoms with Crippen LogP contribution in [0.3, 0.4) is 0 Å². The van der Waals surface area contributed by atoms with Crippen molar-refractivity contribution >= 4 is 46.7 Å². The zero-order valence-corrected chi connectivity index (χ0v) is 17.0. The number of thioether (sulfide) groups is 1. The van der Waals surface area contributed by atoms with Crippen LogP contribution in [0.5, 0.6) is 5.75 Å². The monoisotopic (exact) mass is 438 g/mol. The van der Waals surface area contributed by atoms with Crippen molar-refractivity contribution in [3.63, 3.8) is 0 Å². The van der Waals surface area contributed by atoms with Gasteiger partial charge in [-0.3, -0.25) is 14.7 Å². The maximum Gasteiger partial charge on any atom is 0.267 e. The van der Waals surface area contributed by atoms with Crippen molar-refractivity contribution in [3.05, 3.63) is 87.9 Å². The first-order valence-corrected chi connectivity index (χ1v) is 10.0. The molecule has 0 atom stereocenters. The number of hydrogen-bond acceptors (Lipinski definition) is 7. The highest BCUT2D eigenvalue weighted by molar-refractivity contribution is 8.18. The molecular weight excluding hydrogens is 424 g/mol. The van der Waals surface area contributed by atoms with Gasteiger partial charge in [0, 0.05) is 23.0 Å². The zero-order valence-electron chi connectivity index (χ0n) is 15.5. The summed E-state index contributed by atoms with van der Waals surface area (Å²) in [5.41, 5.74) is 1.23. The number of phenolic OH excluding ortho intramolecular Hbond substituents is 1. The van der Waals surface area contributed by atoms with Crippen LogP contribution in [0.2, 0.25) is 5.02 Å². The second-order valence-corrected chi connectivity index (χ2v) is 7.64. The number of rotatable bonds is 5. The molecule has 3 heterocycles. The van der Waals surface area contributed by atoms with E-state index in [0.29, 0.717) is 26.4 Å². The van der Waals surface area contributed by atoms with Crippen LogP contribution in [0, 0.1) is 0 Å². The molecule has 30 heavy (non-hydrogen) atoms. The fourth-order valence-corrected chi connectivity index (χ4v) is 3.78. The molecule has 1 N–H and O–H groups in total. The van der Waals surface area contributed by atoms with Crippen molar-refractivity contribution < 1.29 is 14.3 Å². The Kier molecular flexibility index (Phi) is 5.97. The van der Waals surface area contributed by atoms with Gasteiger partial charge in [0.1, 0.15) is 11.5 Å². The Morgan fingerprint density at radius 3 is 2.93 bits per heavy atom. The van der Waals surface area contributed by atoms with Gasteiger partial charge in [0.15, 0.2) is 5.17 Å². The lowest BCUT2D eigenvalue weighted by atomic mass is 10.2. The standard InChI is InChI=1S/C21H15ClN4O3S/c22-16-5-6-18(27)15(10-16)12-24-25-21-26(13-17-4-2-8-29-17)20(28)19(30-21)9-14-3-1-7-23-11-14/h1-12,27H,13H2/b19-9-,24-12+,25-21-. The number of benzene rings is 1. The number of aromatic hydroxyl groups is 1. The number of carbonyl (C=O) groups is 1.